The van der Waals surface area contributed by atoms with E-state index in [4.69, 9.17) is 0 Å². The van der Waals surface area contributed by atoms with Gasteiger partial charge < -0.3 is 9.67 Å². The number of phenols is 1. The highest BCUT2D eigenvalue weighted by Crippen LogP contribution is 2.17. The van der Waals surface area contributed by atoms with Crippen LogP contribution in [0.5, 0.6) is 5.75 Å². The predicted octanol–water partition coefficient (Wildman–Crippen LogP) is 3.79. The molecule has 22 heavy (non-hydrogen) atoms. The van der Waals surface area contributed by atoms with Gasteiger partial charge in [0.25, 0.3) is 0 Å². The number of hydrogen-bond acceptors (Lipinski definition) is 2. The van der Waals surface area contributed by atoms with Gasteiger partial charge in [0.05, 0.1) is 12.0 Å². The molecule has 3 aromatic rings. The van der Waals surface area contributed by atoms with Gasteiger partial charge in [-0.25, -0.2) is 4.98 Å². The minimum Gasteiger partial charge on any atom is -0.508 e. The zero-order valence-corrected chi connectivity index (χ0v) is 12.7. The van der Waals surface area contributed by atoms with E-state index in [0.29, 0.717) is 5.75 Å². The highest BCUT2D eigenvalue weighted by atomic mass is 16.3. The standard InChI is InChI=1S/C19H20N2O/c1-2-19-18(12-15-7-4-3-5-8-15)20-14-21(19)13-16-9-6-10-17(22)11-16/h3-11,14,22H,2,12-13H2,1H3. The second-order valence-electron chi connectivity index (χ2n) is 5.45. The maximum atomic E-state index is 9.59. The predicted molar refractivity (Wildman–Crippen MR) is 88.1 cm³/mol. The first-order chi connectivity index (χ1) is 10.8. The maximum absolute atomic E-state index is 9.59. The molecule has 0 saturated carbocycles. The van der Waals surface area contributed by atoms with Gasteiger partial charge >= 0.3 is 0 Å². The molecule has 2 aromatic carbocycles. The van der Waals surface area contributed by atoms with Crippen LogP contribution >= 0.6 is 0 Å². The zero-order chi connectivity index (χ0) is 15.4. The topological polar surface area (TPSA) is 38.0 Å². The summed E-state index contributed by atoms with van der Waals surface area (Å²) in [7, 11) is 0. The first-order valence-corrected chi connectivity index (χ1v) is 7.61. The van der Waals surface area contributed by atoms with Crippen LogP contribution in [0.25, 0.3) is 0 Å². The molecule has 0 bridgehead atoms. The number of benzene rings is 2. The van der Waals surface area contributed by atoms with E-state index in [2.05, 4.69) is 40.7 Å². The summed E-state index contributed by atoms with van der Waals surface area (Å²) in [5.74, 6) is 0.306. The molecule has 1 aromatic heterocycles. The summed E-state index contributed by atoms with van der Waals surface area (Å²) in [6, 6.07) is 17.8. The van der Waals surface area contributed by atoms with Crippen molar-refractivity contribution in [3.63, 3.8) is 0 Å². The van der Waals surface area contributed by atoms with Crippen LogP contribution in [0.2, 0.25) is 0 Å². The summed E-state index contributed by atoms with van der Waals surface area (Å²) in [4.78, 5) is 4.60. The monoisotopic (exact) mass is 292 g/mol. The number of aromatic hydroxyl groups is 1. The van der Waals surface area contributed by atoms with Crippen molar-refractivity contribution in [3.8, 4) is 5.75 Å². The lowest BCUT2D eigenvalue weighted by molar-refractivity contribution is 0.474. The Labute approximate surface area is 130 Å². The summed E-state index contributed by atoms with van der Waals surface area (Å²) in [5.41, 5.74) is 4.75. The van der Waals surface area contributed by atoms with Gasteiger partial charge in [-0.3, -0.25) is 0 Å². The SMILES string of the molecule is CCc1c(Cc2ccccc2)ncn1Cc1cccc(O)c1. The second-order valence-corrected chi connectivity index (χ2v) is 5.45. The molecule has 0 aliphatic heterocycles. The molecular formula is C19H20N2O. The van der Waals surface area contributed by atoms with E-state index in [1.165, 1.54) is 11.3 Å². The Hall–Kier alpha value is -2.55. The number of hydrogen-bond donors (Lipinski definition) is 1. The molecule has 112 valence electrons. The summed E-state index contributed by atoms with van der Waals surface area (Å²) < 4.78 is 2.17. The van der Waals surface area contributed by atoms with Crippen LogP contribution in [0.4, 0.5) is 0 Å². The van der Waals surface area contributed by atoms with Crippen molar-refractivity contribution >= 4 is 0 Å². The van der Waals surface area contributed by atoms with Gasteiger partial charge in [0, 0.05) is 18.7 Å². The molecule has 3 nitrogen and oxygen atoms in total. The van der Waals surface area contributed by atoms with Crippen LogP contribution in [-0.4, -0.2) is 14.7 Å². The molecular weight excluding hydrogens is 272 g/mol. The van der Waals surface area contributed by atoms with Gasteiger partial charge in [0.15, 0.2) is 0 Å². The third-order valence-electron chi connectivity index (χ3n) is 3.85. The average Bonchev–Trinajstić information content (AvgIpc) is 2.90. The molecule has 3 heteroatoms. The maximum Gasteiger partial charge on any atom is 0.115 e. The molecule has 0 aliphatic carbocycles. The van der Waals surface area contributed by atoms with Crippen LogP contribution in [0.1, 0.15) is 29.4 Å². The van der Waals surface area contributed by atoms with Gasteiger partial charge in [0.1, 0.15) is 5.75 Å². The molecule has 1 N–H and O–H groups in total. The molecule has 0 aliphatic rings. The Balaban J connectivity index is 1.84. The Morgan fingerprint density at radius 1 is 1.00 bits per heavy atom. The molecule has 0 saturated heterocycles. The highest BCUT2D eigenvalue weighted by Gasteiger charge is 2.10. The van der Waals surface area contributed by atoms with E-state index in [9.17, 15) is 5.11 Å². The quantitative estimate of drug-likeness (QED) is 0.777. The Bertz CT molecular complexity index is 747. The van der Waals surface area contributed by atoms with Gasteiger partial charge in [-0.1, -0.05) is 49.4 Å². The zero-order valence-electron chi connectivity index (χ0n) is 12.7. The van der Waals surface area contributed by atoms with Crippen molar-refractivity contribution in [2.24, 2.45) is 0 Å². The van der Waals surface area contributed by atoms with Gasteiger partial charge in [-0.2, -0.15) is 0 Å². The van der Waals surface area contributed by atoms with Crippen molar-refractivity contribution in [3.05, 3.63) is 83.4 Å². The fourth-order valence-electron chi connectivity index (χ4n) is 2.78. The van der Waals surface area contributed by atoms with Gasteiger partial charge in [0.2, 0.25) is 0 Å². The largest absolute Gasteiger partial charge is 0.508 e. The molecule has 3 rings (SSSR count). The van der Waals surface area contributed by atoms with E-state index >= 15 is 0 Å². The van der Waals surface area contributed by atoms with E-state index in [1.807, 2.05) is 24.5 Å². The Morgan fingerprint density at radius 3 is 2.50 bits per heavy atom. The van der Waals surface area contributed by atoms with Crippen LogP contribution in [0.15, 0.2) is 60.9 Å². The van der Waals surface area contributed by atoms with Gasteiger partial charge in [-0.05, 0) is 29.7 Å². The smallest absolute Gasteiger partial charge is 0.115 e. The third-order valence-corrected chi connectivity index (χ3v) is 3.85. The van der Waals surface area contributed by atoms with Crippen molar-refractivity contribution in [1.29, 1.82) is 0 Å². The molecule has 1 heterocycles. The van der Waals surface area contributed by atoms with E-state index in [0.717, 1.165) is 30.6 Å². The van der Waals surface area contributed by atoms with E-state index in [-0.39, 0.29) is 0 Å². The van der Waals surface area contributed by atoms with Gasteiger partial charge in [-0.15, -0.1) is 0 Å². The number of rotatable bonds is 5. The highest BCUT2D eigenvalue weighted by molar-refractivity contribution is 5.29. The molecule has 0 spiro atoms. The summed E-state index contributed by atoms with van der Waals surface area (Å²) >= 11 is 0. The second kappa shape index (κ2) is 6.48. The van der Waals surface area contributed by atoms with Crippen LogP contribution in [0, 0.1) is 0 Å². The number of nitrogens with zero attached hydrogens (tertiary/aromatic N) is 2. The molecule has 0 atom stereocenters. The molecule has 0 unspecified atom stereocenters. The lowest BCUT2D eigenvalue weighted by atomic mass is 10.1. The number of phenolic OH excluding ortho intramolecular Hbond substituents is 1. The van der Waals surface area contributed by atoms with E-state index in [1.54, 1.807) is 12.1 Å². The summed E-state index contributed by atoms with van der Waals surface area (Å²) in [6.45, 7) is 2.89. The fourth-order valence-corrected chi connectivity index (χ4v) is 2.78. The van der Waals surface area contributed by atoms with Crippen LogP contribution < -0.4 is 0 Å². The Kier molecular flexibility index (Phi) is 4.24. The molecule has 0 radical (unpaired) electrons. The van der Waals surface area contributed by atoms with E-state index < -0.39 is 0 Å². The van der Waals surface area contributed by atoms with Crippen LogP contribution in [-0.2, 0) is 19.4 Å². The lowest BCUT2D eigenvalue weighted by Crippen LogP contribution is -2.04. The van der Waals surface area contributed by atoms with Crippen LogP contribution in [0.3, 0.4) is 0 Å². The number of imidazole rings is 1. The number of aromatic nitrogens is 2. The van der Waals surface area contributed by atoms with Crippen molar-refractivity contribution in [2.45, 2.75) is 26.3 Å². The van der Waals surface area contributed by atoms with Crippen molar-refractivity contribution in [2.75, 3.05) is 0 Å². The fraction of sp³-hybridized carbons (Fsp3) is 0.211. The van der Waals surface area contributed by atoms with Crippen molar-refractivity contribution in [1.82, 2.24) is 9.55 Å². The molecule has 0 amide bonds. The first-order valence-electron chi connectivity index (χ1n) is 7.61. The van der Waals surface area contributed by atoms with Crippen molar-refractivity contribution < 1.29 is 5.11 Å². The first kappa shape index (κ1) is 14.4. The molecule has 0 fully saturated rings. The lowest BCUT2D eigenvalue weighted by Gasteiger charge is -2.09. The summed E-state index contributed by atoms with van der Waals surface area (Å²) in [6.07, 6.45) is 3.71. The minimum absolute atomic E-state index is 0.306. The Morgan fingerprint density at radius 2 is 1.77 bits per heavy atom. The summed E-state index contributed by atoms with van der Waals surface area (Å²) in [5, 5.41) is 9.59. The minimum atomic E-state index is 0.306. The average molecular weight is 292 g/mol. The normalized spacial score (nSPS) is 10.8. The third kappa shape index (κ3) is 3.19.